The van der Waals surface area contributed by atoms with Crippen LogP contribution in [0.1, 0.15) is 31.0 Å². The summed E-state index contributed by atoms with van der Waals surface area (Å²) < 4.78 is 16.5. The molecule has 1 heterocycles. The van der Waals surface area contributed by atoms with Gasteiger partial charge >= 0.3 is 0 Å². The zero-order valence-corrected chi connectivity index (χ0v) is 19.9. The molecule has 1 aliphatic heterocycles. The van der Waals surface area contributed by atoms with Gasteiger partial charge in [0.1, 0.15) is 23.0 Å². The number of amides is 1. The SMILES string of the molecule is CCOc1ccc(/C(O)=C2/C(=O)C(=O)N(c3ccc(OC)cc3)C2c2ccccc2)c(OCC)c1. The molecule has 7 heteroatoms. The fraction of sp³-hybridized carbons (Fsp3) is 0.214. The van der Waals surface area contributed by atoms with Gasteiger partial charge in [-0.2, -0.15) is 0 Å². The number of aliphatic hydroxyl groups is 1. The molecule has 180 valence electrons. The molecule has 1 aliphatic rings. The van der Waals surface area contributed by atoms with Crippen molar-refractivity contribution in [3.05, 3.63) is 89.5 Å². The Balaban J connectivity index is 1.91. The van der Waals surface area contributed by atoms with Crippen LogP contribution in [0, 0.1) is 0 Å². The molecule has 0 bridgehead atoms. The van der Waals surface area contributed by atoms with Crippen LogP contribution in [-0.4, -0.2) is 37.1 Å². The van der Waals surface area contributed by atoms with Crippen molar-refractivity contribution in [2.45, 2.75) is 19.9 Å². The van der Waals surface area contributed by atoms with Crippen molar-refractivity contribution in [3.63, 3.8) is 0 Å². The van der Waals surface area contributed by atoms with Crippen LogP contribution in [0.3, 0.4) is 0 Å². The van der Waals surface area contributed by atoms with Crippen LogP contribution in [0.15, 0.2) is 78.4 Å². The second-order valence-corrected chi connectivity index (χ2v) is 7.80. The lowest BCUT2D eigenvalue weighted by Crippen LogP contribution is -2.29. The summed E-state index contributed by atoms with van der Waals surface area (Å²) in [6, 6.07) is 20.2. The molecule has 1 fully saturated rings. The lowest BCUT2D eigenvalue weighted by Gasteiger charge is -2.25. The Labute approximate surface area is 204 Å². The van der Waals surface area contributed by atoms with Crippen LogP contribution in [0.5, 0.6) is 17.2 Å². The highest BCUT2D eigenvalue weighted by Crippen LogP contribution is 2.43. The quantitative estimate of drug-likeness (QED) is 0.278. The molecular formula is C28H27NO6. The average molecular weight is 474 g/mol. The van der Waals surface area contributed by atoms with Gasteiger partial charge in [-0.25, -0.2) is 0 Å². The molecule has 1 saturated heterocycles. The smallest absolute Gasteiger partial charge is 0.300 e. The molecule has 0 spiro atoms. The number of rotatable bonds is 8. The highest BCUT2D eigenvalue weighted by atomic mass is 16.5. The summed E-state index contributed by atoms with van der Waals surface area (Å²) in [4.78, 5) is 28.0. The van der Waals surface area contributed by atoms with Gasteiger partial charge in [0.25, 0.3) is 11.7 Å². The summed E-state index contributed by atoms with van der Waals surface area (Å²) in [5, 5.41) is 11.5. The van der Waals surface area contributed by atoms with Crippen LogP contribution in [0.2, 0.25) is 0 Å². The molecule has 35 heavy (non-hydrogen) atoms. The molecule has 3 aromatic carbocycles. The van der Waals surface area contributed by atoms with E-state index < -0.39 is 17.7 Å². The highest BCUT2D eigenvalue weighted by molar-refractivity contribution is 6.51. The summed E-state index contributed by atoms with van der Waals surface area (Å²) >= 11 is 0. The molecule has 1 unspecified atom stereocenters. The Bertz CT molecular complexity index is 1250. The van der Waals surface area contributed by atoms with E-state index in [1.54, 1.807) is 49.6 Å². The van der Waals surface area contributed by atoms with Gasteiger partial charge in [-0.1, -0.05) is 30.3 Å². The number of aliphatic hydroxyl groups excluding tert-OH is 1. The first-order valence-electron chi connectivity index (χ1n) is 11.4. The number of ether oxygens (including phenoxy) is 3. The summed E-state index contributed by atoms with van der Waals surface area (Å²) in [6.07, 6.45) is 0. The fourth-order valence-electron chi connectivity index (χ4n) is 4.17. The van der Waals surface area contributed by atoms with E-state index in [-0.39, 0.29) is 11.3 Å². The van der Waals surface area contributed by atoms with Gasteiger partial charge in [0, 0.05) is 11.8 Å². The number of hydrogen-bond donors (Lipinski definition) is 1. The number of carbonyl (C=O) groups excluding carboxylic acids is 2. The molecular weight excluding hydrogens is 446 g/mol. The van der Waals surface area contributed by atoms with E-state index in [9.17, 15) is 14.7 Å². The van der Waals surface area contributed by atoms with Gasteiger partial charge in [-0.3, -0.25) is 14.5 Å². The molecule has 7 nitrogen and oxygen atoms in total. The van der Waals surface area contributed by atoms with E-state index in [0.29, 0.717) is 47.3 Å². The third-order valence-electron chi connectivity index (χ3n) is 5.73. The van der Waals surface area contributed by atoms with Gasteiger partial charge in [0.2, 0.25) is 0 Å². The van der Waals surface area contributed by atoms with Crippen LogP contribution in [0.25, 0.3) is 5.76 Å². The van der Waals surface area contributed by atoms with Crippen molar-refractivity contribution in [1.82, 2.24) is 0 Å². The topological polar surface area (TPSA) is 85.3 Å². The molecule has 3 aromatic rings. The van der Waals surface area contributed by atoms with E-state index in [1.807, 2.05) is 44.2 Å². The summed E-state index contributed by atoms with van der Waals surface area (Å²) in [6.45, 7) is 4.51. The maximum absolute atomic E-state index is 13.3. The van der Waals surface area contributed by atoms with Crippen molar-refractivity contribution < 1.29 is 28.9 Å². The number of carbonyl (C=O) groups is 2. The van der Waals surface area contributed by atoms with Crippen molar-refractivity contribution in [2.24, 2.45) is 0 Å². The molecule has 4 rings (SSSR count). The first-order valence-corrected chi connectivity index (χ1v) is 11.4. The largest absolute Gasteiger partial charge is 0.507 e. The number of nitrogens with zero attached hydrogens (tertiary/aromatic N) is 1. The molecule has 0 radical (unpaired) electrons. The van der Waals surface area contributed by atoms with E-state index in [0.717, 1.165) is 0 Å². The average Bonchev–Trinajstić information content (AvgIpc) is 3.15. The number of Topliss-reactive ketones (excluding diaryl/α,β-unsaturated/α-hetero) is 1. The van der Waals surface area contributed by atoms with Gasteiger partial charge in [0.15, 0.2) is 0 Å². The molecule has 0 aliphatic carbocycles. The molecule has 1 amide bonds. The van der Waals surface area contributed by atoms with E-state index >= 15 is 0 Å². The lowest BCUT2D eigenvalue weighted by atomic mass is 9.95. The van der Waals surface area contributed by atoms with Crippen molar-refractivity contribution in [2.75, 3.05) is 25.2 Å². The summed E-state index contributed by atoms with van der Waals surface area (Å²) in [5.74, 6) is -0.251. The standard InChI is InChI=1S/C28H27NO6/c1-4-34-21-15-16-22(23(17-21)35-5-2)26(30)24-25(18-9-7-6-8-10-18)29(28(32)27(24)31)19-11-13-20(33-3)14-12-19/h6-17,25,30H,4-5H2,1-3H3/b26-24-. The zero-order chi connectivity index (χ0) is 24.9. The number of hydrogen-bond acceptors (Lipinski definition) is 6. The predicted molar refractivity (Wildman–Crippen MR) is 133 cm³/mol. The zero-order valence-electron chi connectivity index (χ0n) is 19.9. The van der Waals surface area contributed by atoms with Crippen molar-refractivity contribution in [3.8, 4) is 17.2 Å². The van der Waals surface area contributed by atoms with Gasteiger partial charge in [-0.15, -0.1) is 0 Å². The molecule has 1 atom stereocenters. The second-order valence-electron chi connectivity index (χ2n) is 7.80. The Kier molecular flexibility index (Phi) is 7.06. The van der Waals surface area contributed by atoms with Crippen LogP contribution < -0.4 is 19.1 Å². The summed E-state index contributed by atoms with van der Waals surface area (Å²) in [5.41, 5.74) is 1.50. The number of ketones is 1. The number of methoxy groups -OCH3 is 1. The minimum Gasteiger partial charge on any atom is -0.507 e. The van der Waals surface area contributed by atoms with Gasteiger partial charge in [0.05, 0.1) is 37.5 Å². The number of benzene rings is 3. The van der Waals surface area contributed by atoms with Crippen LogP contribution >= 0.6 is 0 Å². The van der Waals surface area contributed by atoms with E-state index in [4.69, 9.17) is 14.2 Å². The monoisotopic (exact) mass is 473 g/mol. The van der Waals surface area contributed by atoms with Gasteiger partial charge in [-0.05, 0) is 55.8 Å². The Morgan fingerprint density at radius 2 is 1.54 bits per heavy atom. The fourth-order valence-corrected chi connectivity index (χ4v) is 4.17. The van der Waals surface area contributed by atoms with E-state index in [1.165, 1.54) is 4.90 Å². The first kappa shape index (κ1) is 23.9. The minimum atomic E-state index is -0.828. The maximum atomic E-state index is 13.3. The second kappa shape index (κ2) is 10.3. The lowest BCUT2D eigenvalue weighted by molar-refractivity contribution is -0.132. The van der Waals surface area contributed by atoms with Crippen LogP contribution in [-0.2, 0) is 9.59 Å². The number of anilines is 1. The first-order chi connectivity index (χ1) is 17.0. The predicted octanol–water partition coefficient (Wildman–Crippen LogP) is 5.12. The molecule has 1 N–H and O–H groups in total. The molecule has 0 aromatic heterocycles. The minimum absolute atomic E-state index is 0.0119. The van der Waals surface area contributed by atoms with E-state index in [2.05, 4.69) is 0 Å². The molecule has 0 saturated carbocycles. The Hall–Kier alpha value is -4.26. The maximum Gasteiger partial charge on any atom is 0.300 e. The van der Waals surface area contributed by atoms with Crippen LogP contribution in [0.4, 0.5) is 5.69 Å². The third kappa shape index (κ3) is 4.57. The Morgan fingerprint density at radius 3 is 2.17 bits per heavy atom. The normalized spacial score (nSPS) is 16.9. The summed E-state index contributed by atoms with van der Waals surface area (Å²) in [7, 11) is 1.55. The Morgan fingerprint density at radius 1 is 0.886 bits per heavy atom. The van der Waals surface area contributed by atoms with Gasteiger partial charge < -0.3 is 19.3 Å². The van der Waals surface area contributed by atoms with Crippen molar-refractivity contribution >= 4 is 23.1 Å². The third-order valence-corrected chi connectivity index (χ3v) is 5.73. The van der Waals surface area contributed by atoms with Crippen molar-refractivity contribution in [1.29, 1.82) is 0 Å². The highest BCUT2D eigenvalue weighted by Gasteiger charge is 2.47.